The van der Waals surface area contributed by atoms with Crippen LogP contribution in [0.1, 0.15) is 104 Å². The fourth-order valence-electron chi connectivity index (χ4n) is 3.43. The molecule has 2 N–H and O–H groups in total. The van der Waals surface area contributed by atoms with Crippen LogP contribution in [0.5, 0.6) is 0 Å². The number of allylic oxidation sites excluding steroid dienone is 4. The van der Waals surface area contributed by atoms with Crippen molar-refractivity contribution in [2.45, 2.75) is 104 Å². The van der Waals surface area contributed by atoms with Crippen molar-refractivity contribution in [3.05, 3.63) is 34.8 Å². The van der Waals surface area contributed by atoms with Gasteiger partial charge in [0.25, 0.3) is 0 Å². The van der Waals surface area contributed by atoms with Gasteiger partial charge in [-0.15, -0.1) is 0 Å². The minimum Gasteiger partial charge on any atom is -0.504 e. The molecule has 0 fully saturated rings. The molecule has 4 heteroatoms. The summed E-state index contributed by atoms with van der Waals surface area (Å²) in [5.41, 5.74) is -0.00407. The summed E-state index contributed by atoms with van der Waals surface area (Å²) in [6, 6.07) is 0. The van der Waals surface area contributed by atoms with E-state index in [0.717, 1.165) is 19.3 Å². The number of hydrogen-bond acceptors (Lipinski definition) is 4. The van der Waals surface area contributed by atoms with Gasteiger partial charge in [-0.1, -0.05) is 76.9 Å². The monoisotopic (exact) mass is 390 g/mol. The largest absolute Gasteiger partial charge is 0.504 e. The van der Waals surface area contributed by atoms with Gasteiger partial charge in [0.1, 0.15) is 0 Å². The quantitative estimate of drug-likeness (QED) is 0.183. The van der Waals surface area contributed by atoms with Gasteiger partial charge in [-0.2, -0.15) is 0 Å². The van der Waals surface area contributed by atoms with E-state index in [2.05, 4.69) is 19.1 Å². The van der Waals surface area contributed by atoms with Gasteiger partial charge in [-0.25, -0.2) is 0 Å². The average molecular weight is 391 g/mol. The molecule has 1 aliphatic carbocycles. The van der Waals surface area contributed by atoms with Crippen molar-refractivity contribution in [3.63, 3.8) is 0 Å². The number of aliphatic hydroxyl groups is 2. The van der Waals surface area contributed by atoms with Gasteiger partial charge < -0.3 is 10.2 Å². The molecule has 0 saturated heterocycles. The lowest BCUT2D eigenvalue weighted by atomic mass is 9.91. The second kappa shape index (κ2) is 14.2. The van der Waals surface area contributed by atoms with Crippen molar-refractivity contribution < 1.29 is 19.8 Å². The fourth-order valence-corrected chi connectivity index (χ4v) is 3.43. The van der Waals surface area contributed by atoms with Crippen LogP contribution in [0, 0.1) is 0 Å². The first kappa shape index (κ1) is 24.2. The van der Waals surface area contributed by atoms with Crippen LogP contribution in [0.3, 0.4) is 0 Å². The van der Waals surface area contributed by atoms with Gasteiger partial charge in [-0.05, 0) is 39.0 Å². The molecule has 0 bridgehead atoms. The molecule has 0 amide bonds. The molecule has 28 heavy (non-hydrogen) atoms. The third-order valence-corrected chi connectivity index (χ3v) is 5.37. The van der Waals surface area contributed by atoms with E-state index in [1.54, 1.807) is 0 Å². The standard InChI is InChI=1S/C24H38O4/c1-3-4-5-6-7-8-9-10-11-12-13-14-15-16-17-18-20-23(27)21(25)19(2)22(26)24(20)28/h6-7,25,28H,3-5,8-18H2,1-2H3/b7-6-. The van der Waals surface area contributed by atoms with Crippen molar-refractivity contribution in [1.29, 1.82) is 0 Å². The van der Waals surface area contributed by atoms with Gasteiger partial charge >= 0.3 is 0 Å². The summed E-state index contributed by atoms with van der Waals surface area (Å²) in [5, 5.41) is 19.6. The Morgan fingerprint density at radius 2 is 1.18 bits per heavy atom. The Morgan fingerprint density at radius 1 is 0.679 bits per heavy atom. The molecule has 0 aromatic rings. The maximum absolute atomic E-state index is 12.0. The number of unbranched alkanes of at least 4 members (excludes halogenated alkanes) is 11. The van der Waals surface area contributed by atoms with Gasteiger partial charge in [0, 0.05) is 11.1 Å². The third-order valence-electron chi connectivity index (χ3n) is 5.37. The number of carbonyl (C=O) groups excluding carboxylic acids is 2. The van der Waals surface area contributed by atoms with E-state index in [9.17, 15) is 19.8 Å². The van der Waals surface area contributed by atoms with Crippen LogP contribution in [-0.4, -0.2) is 21.8 Å². The Hall–Kier alpha value is -1.84. The summed E-state index contributed by atoms with van der Waals surface area (Å²) in [5.74, 6) is -2.24. The molecule has 0 heterocycles. The maximum Gasteiger partial charge on any atom is 0.227 e. The molecule has 158 valence electrons. The van der Waals surface area contributed by atoms with Crippen molar-refractivity contribution in [2.24, 2.45) is 0 Å². The van der Waals surface area contributed by atoms with Gasteiger partial charge in [0.15, 0.2) is 11.5 Å². The minimum atomic E-state index is -0.636. The smallest absolute Gasteiger partial charge is 0.227 e. The van der Waals surface area contributed by atoms with Gasteiger partial charge in [-0.3, -0.25) is 9.59 Å². The number of hydrogen-bond donors (Lipinski definition) is 2. The predicted octanol–water partition coefficient (Wildman–Crippen LogP) is 6.82. The van der Waals surface area contributed by atoms with Gasteiger partial charge in [0.05, 0.1) is 0 Å². The van der Waals surface area contributed by atoms with Crippen LogP contribution in [-0.2, 0) is 9.59 Å². The van der Waals surface area contributed by atoms with Crippen LogP contribution in [0.4, 0.5) is 0 Å². The Bertz CT molecular complexity index is 596. The van der Waals surface area contributed by atoms with Crippen LogP contribution in [0.25, 0.3) is 0 Å². The second-order valence-electron chi connectivity index (χ2n) is 7.79. The van der Waals surface area contributed by atoms with E-state index in [1.165, 1.54) is 71.1 Å². The molecule has 0 atom stereocenters. The van der Waals surface area contributed by atoms with Crippen molar-refractivity contribution >= 4 is 11.6 Å². The molecule has 0 saturated carbocycles. The zero-order valence-corrected chi connectivity index (χ0v) is 17.8. The number of rotatable bonds is 15. The SMILES string of the molecule is CCCC/C=C\CCCCCCCCCCCC1=C(O)C(=O)C(C)=C(O)C1=O. The lowest BCUT2D eigenvalue weighted by Crippen LogP contribution is -2.22. The number of carbonyl (C=O) groups is 2. The Kier molecular flexibility index (Phi) is 12.3. The minimum absolute atomic E-state index is 0.0665. The molecule has 0 aromatic heterocycles. The molecule has 0 radical (unpaired) electrons. The summed E-state index contributed by atoms with van der Waals surface area (Å²) < 4.78 is 0. The summed E-state index contributed by atoms with van der Waals surface area (Å²) in [4.78, 5) is 23.8. The normalized spacial score (nSPS) is 15.4. The van der Waals surface area contributed by atoms with E-state index in [-0.39, 0.29) is 11.1 Å². The maximum atomic E-state index is 12.0. The van der Waals surface area contributed by atoms with E-state index in [0.29, 0.717) is 6.42 Å². The lowest BCUT2D eigenvalue weighted by Gasteiger charge is -2.15. The Morgan fingerprint density at radius 3 is 1.75 bits per heavy atom. The molecular formula is C24H38O4. The molecule has 0 spiro atoms. The topological polar surface area (TPSA) is 74.6 Å². The number of ketones is 2. The van der Waals surface area contributed by atoms with Crippen LogP contribution in [0.2, 0.25) is 0 Å². The highest BCUT2D eigenvalue weighted by Gasteiger charge is 2.31. The summed E-state index contributed by atoms with van der Waals surface area (Å²) >= 11 is 0. The zero-order chi connectivity index (χ0) is 20.8. The van der Waals surface area contributed by atoms with Gasteiger partial charge in [0.2, 0.25) is 11.6 Å². The Balaban J connectivity index is 2.02. The first-order valence-corrected chi connectivity index (χ1v) is 11.1. The Labute approximate surface area is 170 Å². The lowest BCUT2D eigenvalue weighted by molar-refractivity contribution is -0.120. The highest BCUT2D eigenvalue weighted by atomic mass is 16.3. The highest BCUT2D eigenvalue weighted by molar-refractivity contribution is 6.22. The van der Waals surface area contributed by atoms with Crippen LogP contribution >= 0.6 is 0 Å². The molecule has 0 aliphatic heterocycles. The van der Waals surface area contributed by atoms with E-state index < -0.39 is 23.1 Å². The molecular weight excluding hydrogens is 352 g/mol. The number of Topliss-reactive ketones (excluding diaryl/α,β-unsaturated/α-hetero) is 2. The summed E-state index contributed by atoms with van der Waals surface area (Å²) in [6.07, 6.45) is 20.3. The summed E-state index contributed by atoms with van der Waals surface area (Å²) in [7, 11) is 0. The van der Waals surface area contributed by atoms with E-state index in [1.807, 2.05) is 0 Å². The van der Waals surface area contributed by atoms with E-state index in [4.69, 9.17) is 0 Å². The van der Waals surface area contributed by atoms with Crippen molar-refractivity contribution in [2.75, 3.05) is 0 Å². The molecule has 0 aromatic carbocycles. The zero-order valence-electron chi connectivity index (χ0n) is 17.8. The molecule has 1 aliphatic rings. The van der Waals surface area contributed by atoms with Crippen molar-refractivity contribution in [1.82, 2.24) is 0 Å². The third kappa shape index (κ3) is 8.45. The molecule has 0 unspecified atom stereocenters. The van der Waals surface area contributed by atoms with Crippen LogP contribution in [0.15, 0.2) is 34.8 Å². The predicted molar refractivity (Wildman–Crippen MR) is 114 cm³/mol. The number of aliphatic hydroxyl groups excluding tert-OH is 2. The average Bonchev–Trinajstić information content (AvgIpc) is 2.70. The highest BCUT2D eigenvalue weighted by Crippen LogP contribution is 2.25. The summed E-state index contributed by atoms with van der Waals surface area (Å²) in [6.45, 7) is 3.58. The van der Waals surface area contributed by atoms with Crippen LogP contribution < -0.4 is 0 Å². The van der Waals surface area contributed by atoms with E-state index >= 15 is 0 Å². The molecule has 4 nitrogen and oxygen atoms in total. The molecule has 1 rings (SSSR count). The second-order valence-corrected chi connectivity index (χ2v) is 7.79. The first-order valence-electron chi connectivity index (χ1n) is 11.1. The first-order chi connectivity index (χ1) is 13.5. The fraction of sp³-hybridized carbons (Fsp3) is 0.667. The van der Waals surface area contributed by atoms with Crippen molar-refractivity contribution in [3.8, 4) is 0 Å².